The largest absolute Gasteiger partial charge is 0.312 e. The molecule has 0 radical (unpaired) electrons. The number of carbonyl (C=O) groups is 2. The van der Waals surface area contributed by atoms with E-state index in [4.69, 9.17) is 0 Å². The second-order valence-electron chi connectivity index (χ2n) is 7.43. The normalized spacial score (nSPS) is 16.2. The van der Waals surface area contributed by atoms with Gasteiger partial charge in [0.15, 0.2) is 5.78 Å². The molecule has 1 aliphatic heterocycles. The van der Waals surface area contributed by atoms with Gasteiger partial charge < -0.3 is 4.90 Å². The van der Waals surface area contributed by atoms with Crippen LogP contribution in [0.1, 0.15) is 40.9 Å². The third kappa shape index (κ3) is 2.97. The summed E-state index contributed by atoms with van der Waals surface area (Å²) in [5.74, 6) is 0.271. The smallest absolute Gasteiger partial charge is 0.227 e. The van der Waals surface area contributed by atoms with Gasteiger partial charge in [-0.05, 0) is 35.8 Å². The molecule has 6 nitrogen and oxygen atoms in total. The lowest BCUT2D eigenvalue weighted by Gasteiger charge is -2.16. The van der Waals surface area contributed by atoms with Crippen LogP contribution in [0.2, 0.25) is 0 Å². The zero-order valence-corrected chi connectivity index (χ0v) is 16.1. The first-order valence-electron chi connectivity index (χ1n) is 9.74. The monoisotopic (exact) mass is 384 g/mol. The van der Waals surface area contributed by atoms with Gasteiger partial charge in [0.2, 0.25) is 5.91 Å². The molecule has 3 aromatic rings. The van der Waals surface area contributed by atoms with Crippen molar-refractivity contribution in [3.8, 4) is 11.1 Å². The number of ketones is 1. The maximum Gasteiger partial charge on any atom is 0.227 e. The van der Waals surface area contributed by atoms with Crippen molar-refractivity contribution in [2.45, 2.75) is 19.3 Å². The number of hydrogen-bond donors (Lipinski definition) is 0. The Labute approximate surface area is 168 Å². The highest BCUT2D eigenvalue weighted by Gasteiger charge is 2.24. The Bertz CT molecular complexity index is 1160. The van der Waals surface area contributed by atoms with E-state index in [9.17, 15) is 9.59 Å². The summed E-state index contributed by atoms with van der Waals surface area (Å²) in [6.45, 7) is 0.787. The second-order valence-corrected chi connectivity index (χ2v) is 7.43. The van der Waals surface area contributed by atoms with Crippen molar-refractivity contribution >= 4 is 23.0 Å². The van der Waals surface area contributed by atoms with E-state index in [2.05, 4.69) is 16.1 Å². The number of nitrogens with zero attached hydrogens (tertiary/aromatic N) is 4. The van der Waals surface area contributed by atoms with Gasteiger partial charge in [-0.25, -0.2) is 0 Å². The number of pyridine rings is 1. The molecule has 0 atom stereocenters. The molecule has 144 valence electrons. The van der Waals surface area contributed by atoms with Crippen LogP contribution in [-0.4, -0.2) is 33.0 Å². The van der Waals surface area contributed by atoms with Gasteiger partial charge >= 0.3 is 0 Å². The summed E-state index contributed by atoms with van der Waals surface area (Å²) < 4.78 is 1.64. The Balaban J connectivity index is 1.48. The number of fused-ring (bicyclic) bond motifs is 1. The number of allylic oxidation sites excluding steroid dienone is 1. The molecule has 0 unspecified atom stereocenters. The summed E-state index contributed by atoms with van der Waals surface area (Å²) in [7, 11) is 1.79. The fourth-order valence-electron chi connectivity index (χ4n) is 4.14. The molecule has 2 aromatic heterocycles. The van der Waals surface area contributed by atoms with Crippen LogP contribution in [0.25, 0.3) is 16.7 Å². The summed E-state index contributed by atoms with van der Waals surface area (Å²) in [6.07, 6.45) is 9.26. The number of aromatic nitrogens is 3. The minimum atomic E-state index is 0.0833. The van der Waals surface area contributed by atoms with Crippen molar-refractivity contribution in [2.75, 3.05) is 11.4 Å². The number of rotatable bonds is 3. The summed E-state index contributed by atoms with van der Waals surface area (Å²) in [5, 5.41) is 4.26. The molecule has 0 bridgehead atoms. The zero-order chi connectivity index (χ0) is 20.0. The molecule has 1 saturated heterocycles. The van der Waals surface area contributed by atoms with E-state index < -0.39 is 0 Å². The van der Waals surface area contributed by atoms with Gasteiger partial charge in [0.05, 0.1) is 6.20 Å². The van der Waals surface area contributed by atoms with Gasteiger partial charge in [0, 0.05) is 61.2 Å². The predicted octanol–water partition coefficient (Wildman–Crippen LogP) is 3.63. The first-order chi connectivity index (χ1) is 14.1. The first kappa shape index (κ1) is 17.6. The van der Waals surface area contributed by atoms with Crippen molar-refractivity contribution in [1.29, 1.82) is 0 Å². The fourth-order valence-corrected chi connectivity index (χ4v) is 4.14. The zero-order valence-electron chi connectivity index (χ0n) is 16.1. The number of carbonyl (C=O) groups excluding carboxylic acids is 2. The van der Waals surface area contributed by atoms with E-state index in [1.807, 2.05) is 47.6 Å². The molecular weight excluding hydrogens is 364 g/mol. The summed E-state index contributed by atoms with van der Waals surface area (Å²) >= 11 is 0. The number of Topliss-reactive ketones (excluding diaryl/α,β-unsaturated/α-hetero) is 1. The highest BCUT2D eigenvalue weighted by atomic mass is 16.2. The van der Waals surface area contributed by atoms with Gasteiger partial charge in [-0.3, -0.25) is 19.3 Å². The lowest BCUT2D eigenvalue weighted by Crippen LogP contribution is -2.23. The van der Waals surface area contributed by atoms with E-state index in [0.29, 0.717) is 18.5 Å². The predicted molar refractivity (Wildman–Crippen MR) is 110 cm³/mol. The summed E-state index contributed by atoms with van der Waals surface area (Å²) in [4.78, 5) is 30.5. The van der Waals surface area contributed by atoms with Crippen molar-refractivity contribution in [2.24, 2.45) is 7.05 Å². The number of benzene rings is 1. The van der Waals surface area contributed by atoms with Crippen molar-refractivity contribution < 1.29 is 9.59 Å². The number of amides is 1. The third-order valence-corrected chi connectivity index (χ3v) is 5.62. The molecule has 0 N–H and O–H groups in total. The van der Waals surface area contributed by atoms with Gasteiger partial charge in [0.25, 0.3) is 0 Å². The average Bonchev–Trinajstić information content (AvgIpc) is 3.35. The topological polar surface area (TPSA) is 68.1 Å². The van der Waals surface area contributed by atoms with E-state index in [0.717, 1.165) is 46.5 Å². The minimum Gasteiger partial charge on any atom is -0.312 e. The quantitative estimate of drug-likeness (QED) is 0.692. The molecule has 2 aliphatic rings. The lowest BCUT2D eigenvalue weighted by atomic mass is 9.90. The molecule has 1 aliphatic carbocycles. The van der Waals surface area contributed by atoms with Crippen LogP contribution in [0.4, 0.5) is 5.69 Å². The van der Waals surface area contributed by atoms with Gasteiger partial charge in [-0.2, -0.15) is 5.10 Å². The number of anilines is 1. The summed E-state index contributed by atoms with van der Waals surface area (Å²) in [6, 6.07) is 10.1. The van der Waals surface area contributed by atoms with Gasteiger partial charge in [-0.1, -0.05) is 18.2 Å². The molecule has 3 heterocycles. The van der Waals surface area contributed by atoms with Crippen LogP contribution in [0, 0.1) is 0 Å². The Kier molecular flexibility index (Phi) is 4.12. The molecule has 0 spiro atoms. The number of hydrogen-bond acceptors (Lipinski definition) is 4. The molecule has 1 fully saturated rings. The van der Waals surface area contributed by atoms with E-state index in [1.54, 1.807) is 17.9 Å². The van der Waals surface area contributed by atoms with Crippen LogP contribution in [0.5, 0.6) is 0 Å². The van der Waals surface area contributed by atoms with Crippen LogP contribution < -0.4 is 4.90 Å². The highest BCUT2D eigenvalue weighted by Crippen LogP contribution is 2.33. The molecule has 1 amide bonds. The van der Waals surface area contributed by atoms with Crippen LogP contribution >= 0.6 is 0 Å². The highest BCUT2D eigenvalue weighted by molar-refractivity contribution is 6.05. The van der Waals surface area contributed by atoms with E-state index >= 15 is 0 Å². The van der Waals surface area contributed by atoms with Gasteiger partial charge in [-0.15, -0.1) is 0 Å². The lowest BCUT2D eigenvalue weighted by molar-refractivity contribution is -0.117. The first-order valence-corrected chi connectivity index (χ1v) is 9.74. The van der Waals surface area contributed by atoms with Crippen molar-refractivity contribution in [1.82, 2.24) is 14.8 Å². The maximum atomic E-state index is 12.2. The molecule has 6 heteroatoms. The number of aryl methyl sites for hydroxylation is 1. The van der Waals surface area contributed by atoms with E-state index in [-0.39, 0.29) is 11.7 Å². The molecule has 1 aromatic carbocycles. The minimum absolute atomic E-state index is 0.0833. The Morgan fingerprint density at radius 1 is 0.966 bits per heavy atom. The molecule has 5 rings (SSSR count). The standard InChI is InChI=1S/C23H20N4O2/c1-26-23-20(14-25-26)19(8-9-21(23)28)17-11-16(12-24-13-17)15-4-6-18(7-5-15)27-10-2-3-22(27)29/h4-8,11-14H,2-3,9-10H2,1H3. The van der Waals surface area contributed by atoms with Crippen molar-refractivity contribution in [3.05, 3.63) is 71.8 Å². The fraction of sp³-hybridized carbons (Fsp3) is 0.217. The van der Waals surface area contributed by atoms with Gasteiger partial charge in [0.1, 0.15) is 5.69 Å². The van der Waals surface area contributed by atoms with Crippen LogP contribution in [0.15, 0.2) is 55.0 Å². The molecular formula is C23H20N4O2. The molecule has 0 saturated carbocycles. The summed E-state index contributed by atoms with van der Waals surface area (Å²) in [5.41, 5.74) is 6.41. The van der Waals surface area contributed by atoms with E-state index in [1.165, 1.54) is 0 Å². The van der Waals surface area contributed by atoms with Crippen molar-refractivity contribution in [3.63, 3.8) is 0 Å². The Hall–Kier alpha value is -3.54. The third-order valence-electron chi connectivity index (χ3n) is 5.62. The van der Waals surface area contributed by atoms with Crippen LogP contribution in [-0.2, 0) is 11.8 Å². The average molecular weight is 384 g/mol. The second kappa shape index (κ2) is 6.81. The SMILES string of the molecule is Cn1ncc2c1C(=O)CC=C2c1cncc(-c2ccc(N3CCCC3=O)cc2)c1. The van der Waals surface area contributed by atoms with Crippen LogP contribution in [0.3, 0.4) is 0 Å². The Morgan fingerprint density at radius 3 is 2.52 bits per heavy atom. The maximum absolute atomic E-state index is 12.2. The molecule has 29 heavy (non-hydrogen) atoms. The Morgan fingerprint density at radius 2 is 1.76 bits per heavy atom.